The molecule has 1 heterocycles. The molecule has 0 radical (unpaired) electrons. The fraction of sp³-hybridized carbons (Fsp3) is 0.846. The first-order chi connectivity index (χ1) is 8.44. The van der Waals surface area contributed by atoms with E-state index < -0.39 is 11.6 Å². The molecule has 0 aromatic heterocycles. The molecule has 1 saturated carbocycles. The highest BCUT2D eigenvalue weighted by atomic mass is 19.1. The quantitative estimate of drug-likeness (QED) is 0.821. The lowest BCUT2D eigenvalue weighted by molar-refractivity contribution is -0.150. The molecule has 1 N–H and O–H groups in total. The molecule has 102 valence electrons. The van der Waals surface area contributed by atoms with E-state index in [0.29, 0.717) is 5.92 Å². The number of alkyl halides is 1. The minimum atomic E-state index is -2.24. The summed E-state index contributed by atoms with van der Waals surface area (Å²) in [5.41, 5.74) is -2.24. The number of hydrogen-bond donors (Lipinski definition) is 1. The van der Waals surface area contributed by atoms with Crippen LogP contribution in [0.3, 0.4) is 0 Å². The second-order valence-corrected chi connectivity index (χ2v) is 5.65. The predicted molar refractivity (Wildman–Crippen MR) is 63.8 cm³/mol. The van der Waals surface area contributed by atoms with Crippen LogP contribution in [0.2, 0.25) is 0 Å². The average molecular weight is 257 g/mol. The highest BCUT2D eigenvalue weighted by Gasteiger charge is 2.48. The van der Waals surface area contributed by atoms with Crippen LogP contribution in [0.25, 0.3) is 0 Å². The molecule has 1 saturated heterocycles. The number of hydrogen-bond acceptors (Lipinski definition) is 2. The number of halogens is 1. The van der Waals surface area contributed by atoms with Crippen molar-refractivity contribution >= 4 is 11.9 Å². The predicted octanol–water partition coefficient (Wildman–Crippen LogP) is 1.84. The number of likely N-dealkylation sites (tertiary alicyclic amines) is 1. The number of amides is 1. The molecule has 1 aliphatic heterocycles. The van der Waals surface area contributed by atoms with Gasteiger partial charge in [0.15, 0.2) is 0 Å². The summed E-state index contributed by atoms with van der Waals surface area (Å²) in [5.74, 6) is -1.22. The van der Waals surface area contributed by atoms with Crippen molar-refractivity contribution in [2.24, 2.45) is 11.8 Å². The van der Waals surface area contributed by atoms with Gasteiger partial charge in [0.2, 0.25) is 11.6 Å². The van der Waals surface area contributed by atoms with Gasteiger partial charge >= 0.3 is 5.97 Å². The van der Waals surface area contributed by atoms with E-state index in [4.69, 9.17) is 5.11 Å². The molecule has 0 spiro atoms. The second-order valence-electron chi connectivity index (χ2n) is 5.65. The van der Waals surface area contributed by atoms with E-state index in [1.165, 1.54) is 4.90 Å². The minimum Gasteiger partial charge on any atom is -0.479 e. The van der Waals surface area contributed by atoms with E-state index in [0.717, 1.165) is 25.7 Å². The fourth-order valence-electron chi connectivity index (χ4n) is 3.05. The highest BCUT2D eigenvalue weighted by Crippen LogP contribution is 2.34. The van der Waals surface area contributed by atoms with Crippen molar-refractivity contribution in [1.82, 2.24) is 4.90 Å². The molecule has 0 aromatic rings. The molecule has 0 aromatic carbocycles. The maximum absolute atomic E-state index is 13.9. The Hall–Kier alpha value is -1.13. The van der Waals surface area contributed by atoms with Crippen LogP contribution in [-0.2, 0) is 9.59 Å². The van der Waals surface area contributed by atoms with Crippen molar-refractivity contribution < 1.29 is 19.1 Å². The van der Waals surface area contributed by atoms with Crippen LogP contribution >= 0.6 is 0 Å². The Morgan fingerprint density at radius 1 is 1.33 bits per heavy atom. The molecule has 1 amide bonds. The normalized spacial score (nSPS) is 36.7. The highest BCUT2D eigenvalue weighted by molar-refractivity contribution is 5.83. The molecule has 2 aliphatic rings. The third-order valence-corrected chi connectivity index (χ3v) is 4.34. The van der Waals surface area contributed by atoms with Gasteiger partial charge in [-0.15, -0.1) is 0 Å². The molecule has 2 rings (SSSR count). The summed E-state index contributed by atoms with van der Waals surface area (Å²) in [6.07, 6.45) is 3.98. The third kappa shape index (κ3) is 2.35. The van der Waals surface area contributed by atoms with Crippen LogP contribution < -0.4 is 0 Å². The van der Waals surface area contributed by atoms with E-state index >= 15 is 0 Å². The first-order valence-corrected chi connectivity index (χ1v) is 6.65. The third-order valence-electron chi connectivity index (χ3n) is 4.34. The van der Waals surface area contributed by atoms with E-state index in [9.17, 15) is 14.0 Å². The van der Waals surface area contributed by atoms with Crippen LogP contribution in [0, 0.1) is 11.8 Å². The summed E-state index contributed by atoms with van der Waals surface area (Å²) in [6.45, 7) is 1.99. The molecule has 2 fully saturated rings. The molecule has 3 unspecified atom stereocenters. The summed E-state index contributed by atoms with van der Waals surface area (Å²) in [5, 5.41) is 8.82. The Morgan fingerprint density at radius 3 is 2.56 bits per heavy atom. The van der Waals surface area contributed by atoms with Crippen molar-refractivity contribution in [2.75, 3.05) is 13.1 Å². The Morgan fingerprint density at radius 2 is 2.00 bits per heavy atom. The molecule has 1 aliphatic carbocycles. The molecule has 4 nitrogen and oxygen atoms in total. The van der Waals surface area contributed by atoms with Gasteiger partial charge in [0, 0.05) is 18.9 Å². The van der Waals surface area contributed by atoms with Crippen LogP contribution in [-0.4, -0.2) is 40.6 Å². The maximum atomic E-state index is 13.9. The summed E-state index contributed by atoms with van der Waals surface area (Å²) in [7, 11) is 0. The second kappa shape index (κ2) is 4.86. The Kier molecular flexibility index (Phi) is 3.59. The van der Waals surface area contributed by atoms with Gasteiger partial charge < -0.3 is 10.0 Å². The number of rotatable bonds is 2. The molecule has 0 bridgehead atoms. The van der Waals surface area contributed by atoms with Crippen molar-refractivity contribution in [3.63, 3.8) is 0 Å². The zero-order valence-corrected chi connectivity index (χ0v) is 10.7. The number of nitrogens with zero attached hydrogens (tertiary/aromatic N) is 1. The number of aliphatic carboxylic acids is 1. The molecule has 18 heavy (non-hydrogen) atoms. The number of carbonyl (C=O) groups is 2. The lowest BCUT2D eigenvalue weighted by atomic mass is 9.79. The van der Waals surface area contributed by atoms with Gasteiger partial charge in [0.1, 0.15) is 0 Å². The average Bonchev–Trinajstić information content (AvgIpc) is 2.73. The first-order valence-electron chi connectivity index (χ1n) is 6.65. The SMILES string of the molecule is CC1CCCCC1C(=O)N1CCC(F)(C(=O)O)C1. The van der Waals surface area contributed by atoms with Crippen molar-refractivity contribution in [3.05, 3.63) is 0 Å². The van der Waals surface area contributed by atoms with Gasteiger partial charge in [0.05, 0.1) is 6.54 Å². The lowest BCUT2D eigenvalue weighted by Crippen LogP contribution is -2.42. The molecule has 5 heteroatoms. The van der Waals surface area contributed by atoms with Gasteiger partial charge in [0.25, 0.3) is 0 Å². The van der Waals surface area contributed by atoms with Gasteiger partial charge in [-0.3, -0.25) is 4.79 Å². The Labute approximate surface area is 106 Å². The van der Waals surface area contributed by atoms with Crippen LogP contribution in [0.15, 0.2) is 0 Å². The number of carbonyl (C=O) groups excluding carboxylic acids is 1. The van der Waals surface area contributed by atoms with Crippen LogP contribution in [0.5, 0.6) is 0 Å². The van der Waals surface area contributed by atoms with Crippen molar-refractivity contribution in [3.8, 4) is 0 Å². The Balaban J connectivity index is 2.01. The van der Waals surface area contributed by atoms with Crippen molar-refractivity contribution in [2.45, 2.75) is 44.7 Å². The summed E-state index contributed by atoms with van der Waals surface area (Å²) < 4.78 is 13.9. The summed E-state index contributed by atoms with van der Waals surface area (Å²) >= 11 is 0. The lowest BCUT2D eigenvalue weighted by Gasteiger charge is -2.31. The number of carboxylic acid groups (broad SMARTS) is 1. The van der Waals surface area contributed by atoms with Gasteiger partial charge in [-0.1, -0.05) is 19.8 Å². The van der Waals surface area contributed by atoms with Gasteiger partial charge in [-0.05, 0) is 18.8 Å². The van der Waals surface area contributed by atoms with E-state index in [-0.39, 0.29) is 31.3 Å². The van der Waals surface area contributed by atoms with Crippen molar-refractivity contribution in [1.29, 1.82) is 0 Å². The largest absolute Gasteiger partial charge is 0.479 e. The maximum Gasteiger partial charge on any atom is 0.343 e. The van der Waals surface area contributed by atoms with E-state index in [2.05, 4.69) is 6.92 Å². The monoisotopic (exact) mass is 257 g/mol. The molecule has 3 atom stereocenters. The minimum absolute atomic E-state index is 0.0464. The topological polar surface area (TPSA) is 57.6 Å². The zero-order valence-electron chi connectivity index (χ0n) is 10.7. The molecular weight excluding hydrogens is 237 g/mol. The fourth-order valence-corrected chi connectivity index (χ4v) is 3.05. The summed E-state index contributed by atoms with van der Waals surface area (Å²) in [6, 6.07) is 0. The van der Waals surface area contributed by atoms with Gasteiger partial charge in [-0.2, -0.15) is 0 Å². The molecular formula is C13H20FNO3. The zero-order chi connectivity index (χ0) is 13.3. The summed E-state index contributed by atoms with van der Waals surface area (Å²) in [4.78, 5) is 24.5. The smallest absolute Gasteiger partial charge is 0.343 e. The van der Waals surface area contributed by atoms with Crippen LogP contribution in [0.4, 0.5) is 4.39 Å². The standard InChI is InChI=1S/C13H20FNO3/c1-9-4-2-3-5-10(9)11(16)15-7-6-13(14,8-15)12(17)18/h9-10H,2-8H2,1H3,(H,17,18). The van der Waals surface area contributed by atoms with Crippen LogP contribution in [0.1, 0.15) is 39.0 Å². The van der Waals surface area contributed by atoms with Gasteiger partial charge in [-0.25, -0.2) is 9.18 Å². The Bertz CT molecular complexity index is 360. The first kappa shape index (κ1) is 13.3. The number of carboxylic acids is 1. The van der Waals surface area contributed by atoms with E-state index in [1.54, 1.807) is 0 Å². The van der Waals surface area contributed by atoms with E-state index in [1.807, 2.05) is 0 Å².